The van der Waals surface area contributed by atoms with Gasteiger partial charge in [0.25, 0.3) is 0 Å². The van der Waals surface area contributed by atoms with Crippen LogP contribution in [0.5, 0.6) is 0 Å². The van der Waals surface area contributed by atoms with Crippen molar-refractivity contribution in [2.24, 2.45) is 10.9 Å². The summed E-state index contributed by atoms with van der Waals surface area (Å²) < 4.78 is 1.98. The monoisotopic (exact) mass is 329 g/mol. The Morgan fingerprint density at radius 3 is 3.00 bits per heavy atom. The average Bonchev–Trinajstić information content (AvgIpc) is 3.24. The maximum absolute atomic E-state index is 4.66. The highest BCUT2D eigenvalue weighted by molar-refractivity contribution is 5.79. The zero-order valence-electron chi connectivity index (χ0n) is 14.6. The highest BCUT2D eigenvalue weighted by Gasteiger charge is 2.21. The minimum atomic E-state index is 0.506. The van der Waals surface area contributed by atoms with Crippen LogP contribution in [-0.2, 0) is 6.54 Å². The van der Waals surface area contributed by atoms with Crippen molar-refractivity contribution in [1.29, 1.82) is 0 Å². The molecule has 0 radical (unpaired) electrons. The summed E-state index contributed by atoms with van der Waals surface area (Å²) in [6, 6.07) is 5.89. The van der Waals surface area contributed by atoms with Gasteiger partial charge in [-0.3, -0.25) is 4.40 Å². The Morgan fingerprint density at radius 2 is 2.21 bits per heavy atom. The second-order valence-corrected chi connectivity index (χ2v) is 6.17. The first-order valence-corrected chi connectivity index (χ1v) is 8.83. The number of nitrogens with zero attached hydrogens (tertiary/aromatic N) is 5. The summed E-state index contributed by atoms with van der Waals surface area (Å²) in [5.41, 5.74) is 0.853. The molecule has 7 heteroatoms. The molecule has 0 bridgehead atoms. The predicted octanol–water partition coefficient (Wildman–Crippen LogP) is 1.13. The second-order valence-electron chi connectivity index (χ2n) is 6.17. The fraction of sp³-hybridized carbons (Fsp3) is 0.588. The molecule has 0 spiro atoms. The fourth-order valence-corrected chi connectivity index (χ4v) is 3.10. The summed E-state index contributed by atoms with van der Waals surface area (Å²) in [4.78, 5) is 7.16. The lowest BCUT2D eigenvalue weighted by atomic mass is 10.1. The molecule has 24 heavy (non-hydrogen) atoms. The Morgan fingerprint density at radius 1 is 1.29 bits per heavy atom. The molecule has 3 rings (SSSR count). The molecule has 1 aliphatic heterocycles. The molecule has 1 fully saturated rings. The van der Waals surface area contributed by atoms with Crippen LogP contribution in [0.3, 0.4) is 0 Å². The number of hydrogen-bond donors (Lipinski definition) is 2. The maximum atomic E-state index is 4.66. The summed E-state index contributed by atoms with van der Waals surface area (Å²) in [5.74, 6) is 2.39. The number of pyridine rings is 1. The van der Waals surface area contributed by atoms with Gasteiger partial charge in [0.15, 0.2) is 17.4 Å². The first kappa shape index (κ1) is 16.7. The van der Waals surface area contributed by atoms with Gasteiger partial charge in [-0.05, 0) is 44.5 Å². The van der Waals surface area contributed by atoms with E-state index in [1.807, 2.05) is 28.8 Å². The van der Waals surface area contributed by atoms with E-state index in [0.29, 0.717) is 12.5 Å². The quantitative estimate of drug-likeness (QED) is 0.614. The largest absolute Gasteiger partial charge is 0.357 e. The molecule has 2 aromatic rings. The summed E-state index contributed by atoms with van der Waals surface area (Å²) >= 11 is 0. The van der Waals surface area contributed by atoms with Crippen molar-refractivity contribution in [2.45, 2.75) is 26.8 Å². The molecule has 0 saturated carbocycles. The molecule has 1 saturated heterocycles. The maximum Gasteiger partial charge on any atom is 0.191 e. The number of hydrogen-bond acceptors (Lipinski definition) is 4. The normalized spacial score (nSPS) is 19.1. The van der Waals surface area contributed by atoms with Crippen LogP contribution >= 0.6 is 0 Å². The third-order valence-corrected chi connectivity index (χ3v) is 4.48. The van der Waals surface area contributed by atoms with Crippen molar-refractivity contribution in [2.75, 3.05) is 32.7 Å². The minimum absolute atomic E-state index is 0.506. The Kier molecular flexibility index (Phi) is 5.63. The lowest BCUT2D eigenvalue weighted by Crippen LogP contribution is -2.40. The standard InChI is InChI=1S/C17H27N7/c1-3-18-17(19-11-14-8-10-23(4-2)13-14)20-12-16-22-21-15-7-5-6-9-24(15)16/h5-7,9,14H,3-4,8,10-13H2,1-2H3,(H2,18,19,20). The van der Waals surface area contributed by atoms with Crippen LogP contribution in [0.2, 0.25) is 0 Å². The van der Waals surface area contributed by atoms with E-state index in [1.54, 1.807) is 0 Å². The zero-order chi connectivity index (χ0) is 16.8. The predicted molar refractivity (Wildman–Crippen MR) is 96.0 cm³/mol. The first-order valence-electron chi connectivity index (χ1n) is 8.83. The van der Waals surface area contributed by atoms with Crippen LogP contribution in [0.25, 0.3) is 5.65 Å². The van der Waals surface area contributed by atoms with Gasteiger partial charge in [0.1, 0.15) is 6.54 Å². The Bertz CT molecular complexity index is 678. The van der Waals surface area contributed by atoms with Gasteiger partial charge in [0.05, 0.1) is 0 Å². The van der Waals surface area contributed by atoms with E-state index in [4.69, 9.17) is 0 Å². The number of guanidine groups is 1. The highest BCUT2D eigenvalue weighted by atomic mass is 15.3. The van der Waals surface area contributed by atoms with Gasteiger partial charge in [-0.2, -0.15) is 0 Å². The van der Waals surface area contributed by atoms with E-state index in [9.17, 15) is 0 Å². The summed E-state index contributed by atoms with van der Waals surface area (Å²) in [5, 5.41) is 15.2. The Labute approximate surface area is 143 Å². The number of aliphatic imine (C=N–C) groups is 1. The average molecular weight is 329 g/mol. The first-order chi connectivity index (χ1) is 11.8. The molecule has 1 atom stereocenters. The van der Waals surface area contributed by atoms with E-state index in [1.165, 1.54) is 19.5 Å². The van der Waals surface area contributed by atoms with Crippen molar-refractivity contribution in [3.05, 3.63) is 30.2 Å². The smallest absolute Gasteiger partial charge is 0.191 e. The molecule has 130 valence electrons. The second kappa shape index (κ2) is 8.10. The fourth-order valence-electron chi connectivity index (χ4n) is 3.10. The Balaban J connectivity index is 1.59. The van der Waals surface area contributed by atoms with Crippen LogP contribution in [0.4, 0.5) is 0 Å². The van der Waals surface area contributed by atoms with Crippen molar-refractivity contribution in [3.8, 4) is 0 Å². The van der Waals surface area contributed by atoms with Crippen molar-refractivity contribution >= 4 is 11.6 Å². The highest BCUT2D eigenvalue weighted by Crippen LogP contribution is 2.14. The van der Waals surface area contributed by atoms with Gasteiger partial charge in [-0.1, -0.05) is 13.0 Å². The molecule has 3 heterocycles. The molecule has 1 unspecified atom stereocenters. The van der Waals surface area contributed by atoms with Gasteiger partial charge in [0.2, 0.25) is 0 Å². The van der Waals surface area contributed by atoms with Crippen molar-refractivity contribution in [1.82, 2.24) is 30.1 Å². The SMILES string of the molecule is CCNC(=NCc1nnc2ccccn12)NCC1CCN(CC)C1. The lowest BCUT2D eigenvalue weighted by molar-refractivity contribution is 0.342. The molecule has 0 aromatic carbocycles. The number of aromatic nitrogens is 3. The minimum Gasteiger partial charge on any atom is -0.357 e. The van der Waals surface area contributed by atoms with Gasteiger partial charge >= 0.3 is 0 Å². The third-order valence-electron chi connectivity index (χ3n) is 4.48. The molecule has 0 amide bonds. The van der Waals surface area contributed by atoms with E-state index < -0.39 is 0 Å². The van der Waals surface area contributed by atoms with Gasteiger partial charge < -0.3 is 15.5 Å². The van der Waals surface area contributed by atoms with Crippen molar-refractivity contribution < 1.29 is 0 Å². The van der Waals surface area contributed by atoms with Crippen molar-refractivity contribution in [3.63, 3.8) is 0 Å². The molecule has 2 N–H and O–H groups in total. The molecule has 1 aliphatic rings. The number of nitrogens with one attached hydrogen (secondary N) is 2. The third kappa shape index (κ3) is 4.03. The van der Waals surface area contributed by atoms with Crippen LogP contribution < -0.4 is 10.6 Å². The molecule has 0 aliphatic carbocycles. The van der Waals surface area contributed by atoms with Gasteiger partial charge in [-0.15, -0.1) is 10.2 Å². The van der Waals surface area contributed by atoms with Crippen LogP contribution in [0.15, 0.2) is 29.4 Å². The van der Waals surface area contributed by atoms with Crippen LogP contribution in [0.1, 0.15) is 26.1 Å². The molecule has 2 aromatic heterocycles. The van der Waals surface area contributed by atoms with Crippen LogP contribution in [-0.4, -0.2) is 58.2 Å². The summed E-state index contributed by atoms with van der Waals surface area (Å²) in [7, 11) is 0. The summed E-state index contributed by atoms with van der Waals surface area (Å²) in [6.07, 6.45) is 3.23. The van der Waals surface area contributed by atoms with Crippen LogP contribution in [0, 0.1) is 5.92 Å². The topological polar surface area (TPSA) is 69.8 Å². The van der Waals surface area contributed by atoms with Gasteiger partial charge in [-0.25, -0.2) is 4.99 Å². The summed E-state index contributed by atoms with van der Waals surface area (Å²) in [6.45, 7) is 10.2. The number of rotatable bonds is 6. The number of likely N-dealkylation sites (tertiary alicyclic amines) is 1. The molecule has 7 nitrogen and oxygen atoms in total. The van der Waals surface area contributed by atoms with Gasteiger partial charge in [0, 0.05) is 25.8 Å². The van der Waals surface area contributed by atoms with E-state index >= 15 is 0 Å². The van der Waals surface area contributed by atoms with E-state index in [2.05, 4.69) is 44.6 Å². The molecular weight excluding hydrogens is 302 g/mol. The van der Waals surface area contributed by atoms with E-state index in [0.717, 1.165) is 37.1 Å². The Hall–Kier alpha value is -2.15. The zero-order valence-corrected chi connectivity index (χ0v) is 14.6. The number of fused-ring (bicyclic) bond motifs is 1. The molecular formula is C17H27N7. The lowest BCUT2D eigenvalue weighted by Gasteiger charge is -2.16. The van der Waals surface area contributed by atoms with E-state index in [-0.39, 0.29) is 0 Å².